The fourth-order valence-corrected chi connectivity index (χ4v) is 2.14. The molecule has 1 saturated heterocycles. The van der Waals surface area contributed by atoms with E-state index in [9.17, 15) is 10.2 Å². The first-order valence-corrected chi connectivity index (χ1v) is 5.72. The van der Waals surface area contributed by atoms with Crippen LogP contribution in [-0.4, -0.2) is 61.9 Å². The van der Waals surface area contributed by atoms with Crippen LogP contribution in [-0.2, 0) is 4.74 Å². The van der Waals surface area contributed by atoms with Gasteiger partial charge in [-0.2, -0.15) is 0 Å². The monoisotopic (exact) mass is 271 g/mol. The van der Waals surface area contributed by atoms with Crippen molar-refractivity contribution in [3.63, 3.8) is 0 Å². The molecular weight excluding hydrogens is 254 g/mol. The van der Waals surface area contributed by atoms with Gasteiger partial charge >= 0.3 is 0 Å². The first kappa shape index (κ1) is 14.0. The third-order valence-corrected chi connectivity index (χ3v) is 3.24. The Morgan fingerprint density at radius 1 is 1.63 bits per heavy atom. The Labute approximate surface area is 109 Å². The molecule has 8 heteroatoms. The summed E-state index contributed by atoms with van der Waals surface area (Å²) in [7, 11) is 0. The van der Waals surface area contributed by atoms with Gasteiger partial charge in [0.05, 0.1) is 6.61 Å². The zero-order valence-electron chi connectivity index (χ0n) is 10.4. The van der Waals surface area contributed by atoms with Gasteiger partial charge < -0.3 is 25.0 Å². The van der Waals surface area contributed by atoms with E-state index in [2.05, 4.69) is 11.6 Å². The summed E-state index contributed by atoms with van der Waals surface area (Å²) >= 11 is 0. The first-order chi connectivity index (χ1) is 8.91. The van der Waals surface area contributed by atoms with Crippen molar-refractivity contribution in [3.8, 4) is 0 Å². The van der Waals surface area contributed by atoms with Gasteiger partial charge in [-0.25, -0.2) is 4.99 Å². The summed E-state index contributed by atoms with van der Waals surface area (Å²) in [5.41, 5.74) is 0.281. The molecule has 2 heterocycles. The van der Waals surface area contributed by atoms with E-state index in [0.717, 1.165) is 0 Å². The quantitative estimate of drug-likeness (QED) is 0.388. The molecule has 106 valence electrons. The van der Waals surface area contributed by atoms with E-state index < -0.39 is 30.6 Å². The van der Waals surface area contributed by atoms with Gasteiger partial charge in [0.15, 0.2) is 12.1 Å². The van der Waals surface area contributed by atoms with E-state index in [4.69, 9.17) is 15.1 Å². The van der Waals surface area contributed by atoms with Gasteiger partial charge in [-0.15, -0.1) is 0 Å². The van der Waals surface area contributed by atoms with Crippen molar-refractivity contribution in [2.24, 2.45) is 4.99 Å². The Bertz CT molecular complexity index is 434. The number of hydrogen-bond donors (Lipinski definition) is 5. The number of amidine groups is 1. The largest absolute Gasteiger partial charge is 0.394 e. The standard InChI is InChI=1S/C11H17N3O5/c1-6-12-8(13-18)3-4-14(6)10-11(2,17)9(16)7(5-15)19-10/h3-4,7,9-10,15-18H,1,5H2,2H3,(H,12,13)/t7-,9+,10-,11?/m1/s1. The molecular formula is C11H17N3O5. The third-order valence-electron chi connectivity index (χ3n) is 3.24. The molecule has 0 aromatic carbocycles. The number of aliphatic hydroxyl groups is 3. The third kappa shape index (κ3) is 2.24. The van der Waals surface area contributed by atoms with Crippen molar-refractivity contribution < 1.29 is 25.3 Å². The predicted octanol–water partition coefficient (Wildman–Crippen LogP) is -1.51. The number of rotatable bonds is 2. The zero-order chi connectivity index (χ0) is 14.2. The van der Waals surface area contributed by atoms with Crippen molar-refractivity contribution in [1.82, 2.24) is 10.4 Å². The smallest absolute Gasteiger partial charge is 0.167 e. The molecule has 0 radical (unpaired) electrons. The Balaban J connectivity index is 2.22. The van der Waals surface area contributed by atoms with Crippen molar-refractivity contribution in [2.75, 3.05) is 6.61 Å². The van der Waals surface area contributed by atoms with Crippen LogP contribution in [0.1, 0.15) is 6.92 Å². The van der Waals surface area contributed by atoms with Gasteiger partial charge in [0.25, 0.3) is 0 Å². The van der Waals surface area contributed by atoms with Gasteiger partial charge in [-0.05, 0) is 13.0 Å². The second-order valence-electron chi connectivity index (χ2n) is 4.63. The number of aliphatic imine (C=N–C) groups is 1. The van der Waals surface area contributed by atoms with Gasteiger partial charge in [-0.1, -0.05) is 6.58 Å². The molecule has 8 nitrogen and oxygen atoms in total. The van der Waals surface area contributed by atoms with Gasteiger partial charge in [0.2, 0.25) is 0 Å². The molecule has 1 fully saturated rings. The highest BCUT2D eigenvalue weighted by atomic mass is 16.6. The van der Waals surface area contributed by atoms with Gasteiger partial charge in [0, 0.05) is 6.20 Å². The summed E-state index contributed by atoms with van der Waals surface area (Å²) in [6.07, 6.45) is -0.105. The Hall–Kier alpha value is -1.45. The second kappa shape index (κ2) is 4.91. The number of hydrogen-bond acceptors (Lipinski definition) is 8. The van der Waals surface area contributed by atoms with Crippen LogP contribution in [0.2, 0.25) is 0 Å². The zero-order valence-corrected chi connectivity index (χ0v) is 10.4. The van der Waals surface area contributed by atoms with E-state index in [1.807, 2.05) is 5.48 Å². The van der Waals surface area contributed by atoms with Crippen LogP contribution in [0.5, 0.6) is 0 Å². The highest BCUT2D eigenvalue weighted by molar-refractivity contribution is 5.93. The summed E-state index contributed by atoms with van der Waals surface area (Å²) in [4.78, 5) is 5.35. The Morgan fingerprint density at radius 2 is 2.32 bits per heavy atom. The lowest BCUT2D eigenvalue weighted by molar-refractivity contribution is -0.110. The average Bonchev–Trinajstić information content (AvgIpc) is 2.61. The lowest BCUT2D eigenvalue weighted by Gasteiger charge is -2.35. The topological polar surface area (TPSA) is 118 Å². The first-order valence-electron chi connectivity index (χ1n) is 5.72. The predicted molar refractivity (Wildman–Crippen MR) is 64.9 cm³/mol. The van der Waals surface area contributed by atoms with E-state index in [0.29, 0.717) is 0 Å². The molecule has 2 aliphatic heterocycles. The summed E-state index contributed by atoms with van der Waals surface area (Å²) in [5.74, 6) is 0.410. The minimum absolute atomic E-state index is 0.193. The number of aliphatic hydroxyl groups excluding tert-OH is 2. The maximum absolute atomic E-state index is 10.3. The summed E-state index contributed by atoms with van der Waals surface area (Å²) in [5, 5.41) is 38.0. The van der Waals surface area contributed by atoms with Crippen LogP contribution < -0.4 is 5.48 Å². The van der Waals surface area contributed by atoms with Crippen LogP contribution in [0.15, 0.2) is 29.7 Å². The van der Waals surface area contributed by atoms with Gasteiger partial charge in [0.1, 0.15) is 23.6 Å². The fraction of sp³-hybridized carbons (Fsp3) is 0.545. The Kier molecular flexibility index (Phi) is 3.61. The van der Waals surface area contributed by atoms with Crippen molar-refractivity contribution in [2.45, 2.75) is 31.0 Å². The van der Waals surface area contributed by atoms with Crippen LogP contribution in [0.4, 0.5) is 0 Å². The SMILES string of the molecule is C=C1N=C(NO)C=CN1[C@@H]1O[C@H](CO)[C@H](O)C1(C)O. The van der Waals surface area contributed by atoms with Crippen molar-refractivity contribution in [1.29, 1.82) is 0 Å². The van der Waals surface area contributed by atoms with Crippen LogP contribution in [0, 0.1) is 0 Å². The molecule has 0 spiro atoms. The molecule has 19 heavy (non-hydrogen) atoms. The van der Waals surface area contributed by atoms with E-state index in [1.54, 1.807) is 0 Å². The second-order valence-corrected chi connectivity index (χ2v) is 4.63. The van der Waals surface area contributed by atoms with Crippen LogP contribution >= 0.6 is 0 Å². The van der Waals surface area contributed by atoms with E-state index in [-0.39, 0.29) is 11.7 Å². The molecule has 0 amide bonds. The maximum Gasteiger partial charge on any atom is 0.167 e. The minimum atomic E-state index is -1.60. The number of nitrogens with one attached hydrogen (secondary N) is 1. The van der Waals surface area contributed by atoms with Crippen LogP contribution in [0.25, 0.3) is 0 Å². The lowest BCUT2D eigenvalue weighted by Crippen LogP contribution is -2.51. The molecule has 2 aliphatic rings. The lowest BCUT2D eigenvalue weighted by atomic mass is 9.96. The molecule has 4 atom stereocenters. The van der Waals surface area contributed by atoms with Crippen molar-refractivity contribution in [3.05, 3.63) is 24.7 Å². The fourth-order valence-electron chi connectivity index (χ4n) is 2.14. The summed E-state index contributed by atoms with van der Waals surface area (Å²) < 4.78 is 5.43. The van der Waals surface area contributed by atoms with E-state index >= 15 is 0 Å². The van der Waals surface area contributed by atoms with Crippen LogP contribution in [0.3, 0.4) is 0 Å². The molecule has 0 aromatic heterocycles. The molecule has 0 aromatic rings. The maximum atomic E-state index is 10.3. The molecule has 2 rings (SSSR count). The molecule has 0 saturated carbocycles. The highest BCUT2D eigenvalue weighted by Gasteiger charge is 2.54. The summed E-state index contributed by atoms with van der Waals surface area (Å²) in [6, 6.07) is 0. The van der Waals surface area contributed by atoms with Gasteiger partial charge in [-0.3, -0.25) is 10.7 Å². The average molecular weight is 271 g/mol. The summed E-state index contributed by atoms with van der Waals surface area (Å²) in [6.45, 7) is 4.67. The number of ether oxygens (including phenoxy) is 1. The number of nitrogens with zero attached hydrogens (tertiary/aromatic N) is 2. The molecule has 0 aliphatic carbocycles. The normalized spacial score (nSPS) is 38.6. The minimum Gasteiger partial charge on any atom is -0.394 e. The molecule has 1 unspecified atom stereocenters. The highest BCUT2D eigenvalue weighted by Crippen LogP contribution is 2.35. The van der Waals surface area contributed by atoms with E-state index in [1.165, 1.54) is 24.1 Å². The molecule has 5 N–H and O–H groups in total. The molecule has 0 bridgehead atoms. The van der Waals surface area contributed by atoms with Crippen molar-refractivity contribution >= 4 is 5.84 Å². The number of hydroxylamine groups is 1. The Morgan fingerprint density at radius 3 is 2.79 bits per heavy atom.